The van der Waals surface area contributed by atoms with Gasteiger partial charge in [-0.3, -0.25) is 10.4 Å². The predicted molar refractivity (Wildman–Crippen MR) is 80.7 cm³/mol. The van der Waals surface area contributed by atoms with Crippen LogP contribution in [0.15, 0.2) is 47.8 Å². The number of aromatic nitrogens is 1. The van der Waals surface area contributed by atoms with E-state index in [2.05, 4.69) is 15.5 Å². The van der Waals surface area contributed by atoms with Crippen LogP contribution < -0.4 is 5.43 Å². The number of thioether (sulfide) groups is 1. The SMILES string of the molecule is Clc1ccc(C2=NNC(c3cccnc3)S2)c(Cl)c1. The minimum absolute atomic E-state index is 0.0652. The summed E-state index contributed by atoms with van der Waals surface area (Å²) in [7, 11) is 0. The van der Waals surface area contributed by atoms with Crippen molar-refractivity contribution in [1.82, 2.24) is 10.4 Å². The van der Waals surface area contributed by atoms with Gasteiger partial charge >= 0.3 is 0 Å². The van der Waals surface area contributed by atoms with E-state index >= 15 is 0 Å². The minimum atomic E-state index is 0.0652. The highest BCUT2D eigenvalue weighted by Gasteiger charge is 2.23. The smallest absolute Gasteiger partial charge is 0.127 e. The third-order valence-corrected chi connectivity index (χ3v) is 4.36. The number of hydrogen-bond donors (Lipinski definition) is 1. The Morgan fingerprint density at radius 2 is 2.11 bits per heavy atom. The van der Waals surface area contributed by atoms with Gasteiger partial charge < -0.3 is 0 Å². The quantitative estimate of drug-likeness (QED) is 0.908. The summed E-state index contributed by atoms with van der Waals surface area (Å²) in [4.78, 5) is 4.11. The van der Waals surface area contributed by atoms with Crippen LogP contribution in [0.3, 0.4) is 0 Å². The Morgan fingerprint density at radius 1 is 1.21 bits per heavy atom. The third-order valence-electron chi connectivity index (χ3n) is 2.66. The largest absolute Gasteiger partial charge is 0.291 e. The molecule has 1 aliphatic heterocycles. The van der Waals surface area contributed by atoms with Crippen molar-refractivity contribution in [2.75, 3.05) is 0 Å². The van der Waals surface area contributed by atoms with Gasteiger partial charge in [-0.2, -0.15) is 5.10 Å². The van der Waals surface area contributed by atoms with Gasteiger partial charge in [0.25, 0.3) is 0 Å². The fourth-order valence-corrected chi connectivity index (χ4v) is 3.31. The highest BCUT2D eigenvalue weighted by molar-refractivity contribution is 8.14. The Balaban J connectivity index is 1.82. The van der Waals surface area contributed by atoms with E-state index in [9.17, 15) is 0 Å². The van der Waals surface area contributed by atoms with Crippen molar-refractivity contribution in [3.8, 4) is 0 Å². The number of nitrogens with zero attached hydrogens (tertiary/aromatic N) is 2. The average molecular weight is 310 g/mol. The van der Waals surface area contributed by atoms with Crippen LogP contribution in [0.5, 0.6) is 0 Å². The van der Waals surface area contributed by atoms with E-state index in [1.54, 1.807) is 24.0 Å². The Hall–Kier alpha value is -1.23. The molecule has 0 amide bonds. The maximum atomic E-state index is 6.18. The zero-order valence-corrected chi connectivity index (χ0v) is 12.0. The van der Waals surface area contributed by atoms with E-state index in [4.69, 9.17) is 23.2 Å². The van der Waals surface area contributed by atoms with Crippen LogP contribution in [0.25, 0.3) is 0 Å². The number of pyridine rings is 1. The van der Waals surface area contributed by atoms with Gasteiger partial charge in [-0.25, -0.2) is 0 Å². The summed E-state index contributed by atoms with van der Waals surface area (Å²) in [6.45, 7) is 0. The van der Waals surface area contributed by atoms with Crippen molar-refractivity contribution in [2.24, 2.45) is 5.10 Å². The van der Waals surface area contributed by atoms with Crippen molar-refractivity contribution in [1.29, 1.82) is 0 Å². The summed E-state index contributed by atoms with van der Waals surface area (Å²) in [5, 5.41) is 6.47. The molecule has 1 aromatic heterocycles. The molecule has 2 aromatic rings. The molecule has 0 saturated heterocycles. The molecule has 0 radical (unpaired) electrons. The molecule has 1 unspecified atom stereocenters. The average Bonchev–Trinajstić information content (AvgIpc) is 2.89. The number of nitrogens with one attached hydrogen (secondary N) is 1. The molecule has 2 heterocycles. The maximum absolute atomic E-state index is 6.18. The molecule has 1 N–H and O–H groups in total. The van der Waals surface area contributed by atoms with Gasteiger partial charge in [-0.1, -0.05) is 41.0 Å². The monoisotopic (exact) mass is 309 g/mol. The Kier molecular flexibility index (Phi) is 3.64. The van der Waals surface area contributed by atoms with Crippen LogP contribution in [0.4, 0.5) is 0 Å². The molecule has 3 nitrogen and oxygen atoms in total. The summed E-state index contributed by atoms with van der Waals surface area (Å²) in [6.07, 6.45) is 3.58. The first-order valence-corrected chi connectivity index (χ1v) is 7.23. The van der Waals surface area contributed by atoms with Crippen LogP contribution in [0.2, 0.25) is 10.0 Å². The standard InChI is InChI=1S/C13H9Cl2N3S/c14-9-3-4-10(11(15)6-9)13-18-17-12(19-13)8-2-1-5-16-7-8/h1-7,12,17H. The van der Waals surface area contributed by atoms with Gasteiger partial charge in [-0.15, -0.1) is 0 Å². The Labute approximate surface area is 125 Å². The lowest BCUT2D eigenvalue weighted by atomic mass is 10.2. The lowest BCUT2D eigenvalue weighted by Crippen LogP contribution is -2.06. The molecular formula is C13H9Cl2N3S. The van der Waals surface area contributed by atoms with Gasteiger partial charge in [0, 0.05) is 28.5 Å². The molecule has 96 valence electrons. The molecule has 0 fully saturated rings. The molecule has 0 spiro atoms. The molecule has 6 heteroatoms. The zero-order valence-electron chi connectivity index (χ0n) is 9.68. The van der Waals surface area contributed by atoms with Crippen molar-refractivity contribution in [3.05, 3.63) is 63.9 Å². The van der Waals surface area contributed by atoms with Crippen LogP contribution in [-0.2, 0) is 0 Å². The lowest BCUT2D eigenvalue weighted by molar-refractivity contribution is 0.741. The second-order valence-electron chi connectivity index (χ2n) is 3.95. The summed E-state index contributed by atoms with van der Waals surface area (Å²) < 4.78 is 0. The number of hydrazone groups is 1. The van der Waals surface area contributed by atoms with E-state index in [-0.39, 0.29) is 5.37 Å². The summed E-state index contributed by atoms with van der Waals surface area (Å²) in [6, 6.07) is 9.33. The van der Waals surface area contributed by atoms with Crippen LogP contribution in [0.1, 0.15) is 16.5 Å². The van der Waals surface area contributed by atoms with Crippen molar-refractivity contribution < 1.29 is 0 Å². The predicted octanol–water partition coefficient (Wildman–Crippen LogP) is 4.09. The van der Waals surface area contributed by atoms with E-state index in [1.807, 2.05) is 30.5 Å². The second kappa shape index (κ2) is 5.41. The Morgan fingerprint density at radius 3 is 2.84 bits per heavy atom. The highest BCUT2D eigenvalue weighted by atomic mass is 35.5. The third kappa shape index (κ3) is 2.71. The molecule has 1 aromatic carbocycles. The normalized spacial score (nSPS) is 18.0. The van der Waals surface area contributed by atoms with Crippen molar-refractivity contribution in [2.45, 2.75) is 5.37 Å². The molecule has 1 aliphatic rings. The fraction of sp³-hybridized carbons (Fsp3) is 0.0769. The zero-order chi connectivity index (χ0) is 13.2. The molecule has 19 heavy (non-hydrogen) atoms. The number of hydrogen-bond acceptors (Lipinski definition) is 4. The first-order valence-electron chi connectivity index (χ1n) is 5.59. The minimum Gasteiger partial charge on any atom is -0.291 e. The van der Waals surface area contributed by atoms with Gasteiger partial charge in [0.2, 0.25) is 0 Å². The summed E-state index contributed by atoms with van der Waals surface area (Å²) >= 11 is 13.7. The molecular weight excluding hydrogens is 301 g/mol. The van der Waals surface area contributed by atoms with Gasteiger partial charge in [0.1, 0.15) is 10.4 Å². The van der Waals surface area contributed by atoms with Crippen LogP contribution in [-0.4, -0.2) is 10.0 Å². The maximum Gasteiger partial charge on any atom is 0.127 e. The van der Waals surface area contributed by atoms with E-state index in [0.29, 0.717) is 10.0 Å². The molecule has 0 bridgehead atoms. The van der Waals surface area contributed by atoms with Crippen molar-refractivity contribution >= 4 is 40.0 Å². The fourth-order valence-electron chi connectivity index (χ4n) is 1.74. The second-order valence-corrected chi connectivity index (χ2v) is 5.89. The molecule has 0 aliphatic carbocycles. The summed E-state index contributed by atoms with van der Waals surface area (Å²) in [5.74, 6) is 0. The highest BCUT2D eigenvalue weighted by Crippen LogP contribution is 2.36. The van der Waals surface area contributed by atoms with Crippen LogP contribution in [0, 0.1) is 0 Å². The van der Waals surface area contributed by atoms with Gasteiger partial charge in [0.15, 0.2) is 0 Å². The lowest BCUT2D eigenvalue weighted by Gasteiger charge is -2.08. The first kappa shape index (κ1) is 12.8. The van der Waals surface area contributed by atoms with E-state index < -0.39 is 0 Å². The first-order chi connectivity index (χ1) is 9.24. The number of benzene rings is 1. The number of rotatable bonds is 2. The van der Waals surface area contributed by atoms with E-state index in [0.717, 1.165) is 16.2 Å². The number of halogens is 2. The van der Waals surface area contributed by atoms with Crippen LogP contribution >= 0.6 is 35.0 Å². The van der Waals surface area contributed by atoms with E-state index in [1.165, 1.54) is 0 Å². The Bertz CT molecular complexity index is 631. The van der Waals surface area contributed by atoms with Gasteiger partial charge in [-0.05, 0) is 24.3 Å². The van der Waals surface area contributed by atoms with Crippen molar-refractivity contribution in [3.63, 3.8) is 0 Å². The van der Waals surface area contributed by atoms with Gasteiger partial charge in [0.05, 0.1) is 5.02 Å². The topological polar surface area (TPSA) is 37.3 Å². The molecule has 3 rings (SSSR count). The molecule has 0 saturated carbocycles. The molecule has 1 atom stereocenters. The summed E-state index contributed by atoms with van der Waals surface area (Å²) in [5.41, 5.74) is 5.05.